The summed E-state index contributed by atoms with van der Waals surface area (Å²) in [7, 11) is 2.76. The Morgan fingerprint density at radius 1 is 1.06 bits per heavy atom. The van der Waals surface area contributed by atoms with Crippen LogP contribution in [0.1, 0.15) is 0 Å². The Kier molecular flexibility index (Phi) is 3.94. The fourth-order valence-electron chi connectivity index (χ4n) is 1.03. The highest BCUT2D eigenvalue weighted by Gasteiger charge is 2.10. The zero-order valence-electron chi connectivity index (χ0n) is 8.52. The maximum Gasteiger partial charge on any atom is 0.364 e. The molecule has 0 N–H and O–H groups in total. The number of aromatic nitrogens is 2. The molecule has 2 rings (SSSR count). The number of hydrogen-bond donors (Lipinski definition) is 0. The van der Waals surface area contributed by atoms with Crippen LogP contribution in [0.25, 0.3) is 0 Å². The molecule has 2 aromatic heterocycles. The molecule has 2 aromatic rings. The first kappa shape index (κ1) is 11.9. The summed E-state index contributed by atoms with van der Waals surface area (Å²) < 4.78 is 0. The Labute approximate surface area is 105 Å². The predicted octanol–water partition coefficient (Wildman–Crippen LogP) is 3.18. The molecule has 0 radical (unpaired) electrons. The molecule has 17 heavy (non-hydrogen) atoms. The van der Waals surface area contributed by atoms with E-state index >= 15 is 0 Å². The molecular weight excluding hydrogens is 258 g/mol. The molecule has 7 heteroatoms. The van der Waals surface area contributed by atoms with E-state index in [-0.39, 0.29) is 5.82 Å². The van der Waals surface area contributed by atoms with Crippen LogP contribution < -0.4 is 0 Å². The highest BCUT2D eigenvalue weighted by atomic mass is 33.1. The van der Waals surface area contributed by atoms with Gasteiger partial charge in [0.2, 0.25) is 5.03 Å². The van der Waals surface area contributed by atoms with Crippen LogP contribution in [0.4, 0.5) is 5.82 Å². The standard InChI is InChI=1S/C10H7N3O2S2/c14-13(15)8-4-3-6-10(12-8)17-16-9-5-1-2-7-11-9/h1-7H. The summed E-state index contributed by atoms with van der Waals surface area (Å²) in [5.74, 6) is -0.142. The predicted molar refractivity (Wildman–Crippen MR) is 66.8 cm³/mol. The first-order valence-electron chi connectivity index (χ1n) is 4.63. The smallest absolute Gasteiger partial charge is 0.358 e. The van der Waals surface area contributed by atoms with E-state index in [2.05, 4.69) is 9.97 Å². The van der Waals surface area contributed by atoms with Crippen molar-refractivity contribution in [2.24, 2.45) is 0 Å². The van der Waals surface area contributed by atoms with Crippen LogP contribution in [-0.2, 0) is 0 Å². The molecule has 0 atom stereocenters. The summed E-state index contributed by atoms with van der Waals surface area (Å²) in [6.45, 7) is 0. The Balaban J connectivity index is 2.04. The molecule has 0 aromatic carbocycles. The topological polar surface area (TPSA) is 68.9 Å². The maximum absolute atomic E-state index is 10.5. The lowest BCUT2D eigenvalue weighted by Crippen LogP contribution is -1.91. The Hall–Kier alpha value is -1.60. The van der Waals surface area contributed by atoms with Gasteiger partial charge in [-0.25, -0.2) is 4.98 Å². The quantitative estimate of drug-likeness (QED) is 0.480. The van der Waals surface area contributed by atoms with Crippen molar-refractivity contribution in [1.82, 2.24) is 9.97 Å². The lowest BCUT2D eigenvalue weighted by molar-refractivity contribution is -0.389. The van der Waals surface area contributed by atoms with Crippen LogP contribution in [0.3, 0.4) is 0 Å². The second-order valence-electron chi connectivity index (χ2n) is 2.93. The highest BCUT2D eigenvalue weighted by Crippen LogP contribution is 2.35. The second kappa shape index (κ2) is 5.65. The van der Waals surface area contributed by atoms with Gasteiger partial charge in [-0.2, -0.15) is 0 Å². The van der Waals surface area contributed by atoms with Crippen molar-refractivity contribution >= 4 is 27.4 Å². The van der Waals surface area contributed by atoms with Crippen LogP contribution in [-0.4, -0.2) is 14.9 Å². The van der Waals surface area contributed by atoms with Gasteiger partial charge in [-0.05, 0) is 55.8 Å². The van der Waals surface area contributed by atoms with E-state index in [1.165, 1.54) is 27.7 Å². The molecule has 5 nitrogen and oxygen atoms in total. The van der Waals surface area contributed by atoms with Gasteiger partial charge in [-0.15, -0.1) is 0 Å². The summed E-state index contributed by atoms with van der Waals surface area (Å²) >= 11 is 0. The number of nitro groups is 1. The van der Waals surface area contributed by atoms with Crippen molar-refractivity contribution in [1.29, 1.82) is 0 Å². The van der Waals surface area contributed by atoms with Crippen molar-refractivity contribution in [2.45, 2.75) is 10.1 Å². The Morgan fingerprint density at radius 3 is 2.53 bits per heavy atom. The minimum absolute atomic E-state index is 0.142. The third kappa shape index (κ3) is 3.43. The third-order valence-electron chi connectivity index (χ3n) is 1.75. The van der Waals surface area contributed by atoms with Gasteiger partial charge in [-0.1, -0.05) is 6.07 Å². The van der Waals surface area contributed by atoms with E-state index < -0.39 is 4.92 Å². The molecule has 0 aliphatic rings. The lowest BCUT2D eigenvalue weighted by atomic mass is 10.5. The van der Waals surface area contributed by atoms with Crippen LogP contribution in [0.2, 0.25) is 0 Å². The summed E-state index contributed by atoms with van der Waals surface area (Å²) in [4.78, 5) is 18.1. The van der Waals surface area contributed by atoms with E-state index in [0.29, 0.717) is 5.03 Å². The maximum atomic E-state index is 10.5. The summed E-state index contributed by atoms with van der Waals surface area (Å²) in [6, 6.07) is 10.3. The molecule has 2 heterocycles. The van der Waals surface area contributed by atoms with Crippen molar-refractivity contribution in [3.05, 3.63) is 52.7 Å². The molecule has 0 fully saturated rings. The molecule has 0 amide bonds. The molecule has 0 bridgehead atoms. The van der Waals surface area contributed by atoms with E-state index in [1.807, 2.05) is 18.2 Å². The summed E-state index contributed by atoms with van der Waals surface area (Å²) in [6.07, 6.45) is 1.70. The number of hydrogen-bond acceptors (Lipinski definition) is 6. The molecule has 0 unspecified atom stereocenters. The van der Waals surface area contributed by atoms with Crippen molar-refractivity contribution in [3.63, 3.8) is 0 Å². The fraction of sp³-hybridized carbons (Fsp3) is 0. The molecule has 0 spiro atoms. The van der Waals surface area contributed by atoms with Crippen molar-refractivity contribution in [2.75, 3.05) is 0 Å². The van der Waals surface area contributed by atoms with Crippen molar-refractivity contribution in [3.8, 4) is 0 Å². The average molecular weight is 265 g/mol. The number of nitrogens with zero attached hydrogens (tertiary/aromatic N) is 3. The van der Waals surface area contributed by atoms with Crippen LogP contribution >= 0.6 is 21.6 Å². The highest BCUT2D eigenvalue weighted by molar-refractivity contribution is 8.76. The molecular formula is C10H7N3O2S2. The van der Waals surface area contributed by atoms with E-state index in [0.717, 1.165) is 5.03 Å². The largest absolute Gasteiger partial charge is 0.364 e. The van der Waals surface area contributed by atoms with E-state index in [4.69, 9.17) is 0 Å². The summed E-state index contributed by atoms with van der Waals surface area (Å²) in [5.41, 5.74) is 0. The normalized spacial score (nSPS) is 10.1. The van der Waals surface area contributed by atoms with Gasteiger partial charge in [0.25, 0.3) is 0 Å². The van der Waals surface area contributed by atoms with E-state index in [1.54, 1.807) is 18.3 Å². The van der Waals surface area contributed by atoms with Gasteiger partial charge in [0, 0.05) is 12.3 Å². The zero-order chi connectivity index (χ0) is 12.1. The van der Waals surface area contributed by atoms with Crippen LogP contribution in [0.5, 0.6) is 0 Å². The molecule has 0 saturated carbocycles. The van der Waals surface area contributed by atoms with Crippen LogP contribution in [0, 0.1) is 10.1 Å². The van der Waals surface area contributed by atoms with E-state index in [9.17, 15) is 10.1 Å². The average Bonchev–Trinajstić information content (AvgIpc) is 2.38. The molecule has 0 saturated heterocycles. The summed E-state index contributed by atoms with van der Waals surface area (Å²) in [5, 5.41) is 12.0. The lowest BCUT2D eigenvalue weighted by Gasteiger charge is -1.96. The molecule has 86 valence electrons. The minimum atomic E-state index is -0.504. The first-order chi connectivity index (χ1) is 8.25. The van der Waals surface area contributed by atoms with Gasteiger partial charge < -0.3 is 10.1 Å². The second-order valence-corrected chi connectivity index (χ2v) is 5.10. The number of pyridine rings is 2. The third-order valence-corrected chi connectivity index (χ3v) is 3.91. The Bertz CT molecular complexity index is 522. The van der Waals surface area contributed by atoms with Gasteiger partial charge >= 0.3 is 5.82 Å². The van der Waals surface area contributed by atoms with Gasteiger partial charge in [0.05, 0.1) is 0 Å². The molecule has 0 aliphatic carbocycles. The Morgan fingerprint density at radius 2 is 1.82 bits per heavy atom. The SMILES string of the molecule is O=[N+]([O-])c1cccc(SSc2ccccn2)n1. The molecule has 0 aliphatic heterocycles. The monoisotopic (exact) mass is 265 g/mol. The zero-order valence-corrected chi connectivity index (χ0v) is 10.1. The minimum Gasteiger partial charge on any atom is -0.358 e. The van der Waals surface area contributed by atoms with Gasteiger partial charge in [0.15, 0.2) is 0 Å². The number of rotatable bonds is 4. The van der Waals surface area contributed by atoms with Gasteiger partial charge in [-0.3, -0.25) is 0 Å². The van der Waals surface area contributed by atoms with Crippen molar-refractivity contribution < 1.29 is 4.92 Å². The van der Waals surface area contributed by atoms with Gasteiger partial charge in [0.1, 0.15) is 5.03 Å². The van der Waals surface area contributed by atoms with Crippen LogP contribution in [0.15, 0.2) is 52.6 Å². The first-order valence-corrected chi connectivity index (χ1v) is 6.78. The fourth-order valence-corrected chi connectivity index (χ4v) is 2.79.